The Labute approximate surface area is 238 Å². The monoisotopic (exact) mass is 549 g/mol. The molecule has 0 unspecified atom stereocenters. The molecule has 2 aromatic carbocycles. The van der Waals surface area contributed by atoms with Crippen molar-refractivity contribution in [3.8, 4) is 5.75 Å². The van der Waals surface area contributed by atoms with E-state index in [1.807, 2.05) is 78.7 Å². The Hall–Kier alpha value is -3.62. The molecular weight excluding hydrogens is 506 g/mol. The Morgan fingerprint density at radius 3 is 2.45 bits per heavy atom. The van der Waals surface area contributed by atoms with Crippen molar-refractivity contribution in [3.05, 3.63) is 89.7 Å². The van der Waals surface area contributed by atoms with Crippen LogP contribution in [0.5, 0.6) is 5.75 Å². The summed E-state index contributed by atoms with van der Waals surface area (Å²) in [5, 5.41) is 0. The van der Waals surface area contributed by atoms with Gasteiger partial charge >= 0.3 is 0 Å². The molecule has 2 amide bonds. The van der Waals surface area contributed by atoms with Crippen molar-refractivity contribution >= 4 is 11.8 Å². The molecule has 1 atom stereocenters. The molecule has 1 heterocycles. The van der Waals surface area contributed by atoms with E-state index in [1.54, 1.807) is 19.1 Å². The van der Waals surface area contributed by atoms with Crippen molar-refractivity contribution in [1.29, 1.82) is 0 Å². The van der Waals surface area contributed by atoms with Gasteiger partial charge in [-0.15, -0.1) is 0 Å². The second-order valence-electron chi connectivity index (χ2n) is 9.90. The van der Waals surface area contributed by atoms with Crippen LogP contribution in [0.3, 0.4) is 0 Å². The number of aromatic nitrogens is 1. The minimum Gasteiger partial charge on any atom is -0.497 e. The average molecular weight is 550 g/mol. The summed E-state index contributed by atoms with van der Waals surface area (Å²) in [6.07, 6.45) is 3.47. The third kappa shape index (κ3) is 9.54. The molecule has 0 N–H and O–H groups in total. The number of carbonyl (C=O) groups excluding carboxylic acids is 2. The Kier molecular flexibility index (Phi) is 12.7. The smallest absolute Gasteiger partial charge is 0.249 e. The van der Waals surface area contributed by atoms with E-state index in [-0.39, 0.29) is 31.0 Å². The van der Waals surface area contributed by atoms with Crippen LogP contribution in [-0.4, -0.2) is 72.7 Å². The van der Waals surface area contributed by atoms with Crippen LogP contribution in [0.1, 0.15) is 43.5 Å². The number of ether oxygens (including phenoxy) is 3. The van der Waals surface area contributed by atoms with Gasteiger partial charge in [0.05, 0.1) is 26.8 Å². The Morgan fingerprint density at radius 1 is 0.950 bits per heavy atom. The third-order valence-corrected chi connectivity index (χ3v) is 6.98. The van der Waals surface area contributed by atoms with Crippen LogP contribution >= 0.6 is 0 Å². The number of amides is 2. The first-order chi connectivity index (χ1) is 19.4. The number of hydrogen-bond acceptors (Lipinski definition) is 5. The van der Waals surface area contributed by atoms with Gasteiger partial charge in [0.15, 0.2) is 0 Å². The van der Waals surface area contributed by atoms with Crippen LogP contribution in [-0.2, 0) is 38.8 Å². The molecule has 0 saturated carbocycles. The van der Waals surface area contributed by atoms with Crippen molar-refractivity contribution in [1.82, 2.24) is 14.4 Å². The molecule has 0 radical (unpaired) electrons. The number of nitrogens with zero attached hydrogens (tertiary/aromatic N) is 3. The molecule has 40 heavy (non-hydrogen) atoms. The van der Waals surface area contributed by atoms with Gasteiger partial charge in [-0.05, 0) is 55.2 Å². The molecule has 0 fully saturated rings. The van der Waals surface area contributed by atoms with E-state index in [2.05, 4.69) is 17.6 Å². The van der Waals surface area contributed by atoms with Crippen LogP contribution in [0, 0.1) is 0 Å². The summed E-state index contributed by atoms with van der Waals surface area (Å²) >= 11 is 0. The van der Waals surface area contributed by atoms with Crippen LogP contribution in [0.25, 0.3) is 0 Å². The molecule has 0 aliphatic rings. The fourth-order valence-corrected chi connectivity index (χ4v) is 4.47. The zero-order chi connectivity index (χ0) is 28.7. The van der Waals surface area contributed by atoms with E-state index >= 15 is 0 Å². The highest BCUT2D eigenvalue weighted by molar-refractivity contribution is 5.85. The molecule has 3 aromatic rings. The summed E-state index contributed by atoms with van der Waals surface area (Å²) in [5.74, 6) is 0.525. The molecule has 0 saturated heterocycles. The van der Waals surface area contributed by atoms with E-state index in [9.17, 15) is 9.59 Å². The molecular formula is C32H43N3O5. The maximum atomic E-state index is 13.7. The lowest BCUT2D eigenvalue weighted by atomic mass is 10.2. The highest BCUT2D eigenvalue weighted by atomic mass is 16.5. The predicted molar refractivity (Wildman–Crippen MR) is 156 cm³/mol. The Balaban J connectivity index is 1.68. The van der Waals surface area contributed by atoms with Crippen LogP contribution < -0.4 is 4.74 Å². The SMILES string of the molecule is CC[C@H](C)N(Cc1cccn1Cc1cccc(OC)c1)C(=O)CN(CCCOC)C(=O)COCc1ccccc1. The van der Waals surface area contributed by atoms with Gasteiger partial charge in [-0.3, -0.25) is 9.59 Å². The first-order valence-corrected chi connectivity index (χ1v) is 13.9. The molecule has 8 heteroatoms. The van der Waals surface area contributed by atoms with E-state index in [1.165, 1.54) is 0 Å². The van der Waals surface area contributed by atoms with Gasteiger partial charge < -0.3 is 28.6 Å². The molecule has 0 spiro atoms. The molecule has 0 bridgehead atoms. The molecule has 0 aliphatic carbocycles. The second kappa shape index (κ2) is 16.5. The van der Waals surface area contributed by atoms with Crippen molar-refractivity contribution in [2.75, 3.05) is 40.5 Å². The van der Waals surface area contributed by atoms with E-state index in [0.717, 1.165) is 29.0 Å². The van der Waals surface area contributed by atoms with Gasteiger partial charge in [0.25, 0.3) is 0 Å². The fourth-order valence-electron chi connectivity index (χ4n) is 4.47. The zero-order valence-electron chi connectivity index (χ0n) is 24.3. The number of rotatable bonds is 17. The van der Waals surface area contributed by atoms with Crippen LogP contribution in [0.15, 0.2) is 72.9 Å². The normalized spacial score (nSPS) is 11.7. The minimum absolute atomic E-state index is 0.00181. The van der Waals surface area contributed by atoms with Crippen LogP contribution in [0.4, 0.5) is 0 Å². The number of benzene rings is 2. The highest BCUT2D eigenvalue weighted by Crippen LogP contribution is 2.18. The highest BCUT2D eigenvalue weighted by Gasteiger charge is 2.25. The minimum atomic E-state index is -0.203. The molecule has 216 valence electrons. The van der Waals surface area contributed by atoms with E-state index in [4.69, 9.17) is 14.2 Å². The van der Waals surface area contributed by atoms with Crippen LogP contribution in [0.2, 0.25) is 0 Å². The summed E-state index contributed by atoms with van der Waals surface area (Å²) in [6.45, 7) is 6.43. The Bertz CT molecular complexity index is 1180. The van der Waals surface area contributed by atoms with E-state index in [0.29, 0.717) is 39.3 Å². The van der Waals surface area contributed by atoms with Gasteiger partial charge in [0.2, 0.25) is 11.8 Å². The summed E-state index contributed by atoms with van der Waals surface area (Å²) in [7, 11) is 3.29. The number of methoxy groups -OCH3 is 2. The molecule has 8 nitrogen and oxygen atoms in total. The predicted octanol–water partition coefficient (Wildman–Crippen LogP) is 4.75. The lowest BCUT2D eigenvalue weighted by molar-refractivity contribution is -0.145. The van der Waals surface area contributed by atoms with Gasteiger partial charge in [-0.25, -0.2) is 0 Å². The van der Waals surface area contributed by atoms with Gasteiger partial charge in [0.1, 0.15) is 12.4 Å². The molecule has 3 rings (SSSR count). The second-order valence-corrected chi connectivity index (χ2v) is 9.90. The average Bonchev–Trinajstić information content (AvgIpc) is 3.41. The standard InChI is InChI=1S/C32H43N3O5/c1-5-26(2)35(22-29-15-10-17-33(29)21-28-14-9-16-30(20-28)39-4)31(36)23-34(18-11-19-38-3)32(37)25-40-24-27-12-7-6-8-13-27/h6-10,12-17,20,26H,5,11,18-19,21-25H2,1-4H3/t26-/m0/s1. The Morgan fingerprint density at radius 2 is 1.73 bits per heavy atom. The van der Waals surface area contributed by atoms with Crippen molar-refractivity contribution in [2.24, 2.45) is 0 Å². The maximum Gasteiger partial charge on any atom is 0.249 e. The topological polar surface area (TPSA) is 73.2 Å². The van der Waals surface area contributed by atoms with E-state index < -0.39 is 0 Å². The number of carbonyl (C=O) groups is 2. The fraction of sp³-hybridized carbons (Fsp3) is 0.438. The first-order valence-electron chi connectivity index (χ1n) is 13.9. The zero-order valence-corrected chi connectivity index (χ0v) is 24.3. The van der Waals surface area contributed by atoms with Gasteiger partial charge in [0, 0.05) is 44.7 Å². The lowest BCUT2D eigenvalue weighted by Gasteiger charge is -2.32. The maximum absolute atomic E-state index is 13.7. The summed E-state index contributed by atoms with van der Waals surface area (Å²) in [4.78, 5) is 30.3. The summed E-state index contributed by atoms with van der Waals surface area (Å²) < 4.78 is 18.4. The summed E-state index contributed by atoms with van der Waals surface area (Å²) in [6, 6.07) is 21.8. The molecule has 0 aliphatic heterocycles. The third-order valence-electron chi connectivity index (χ3n) is 6.98. The largest absolute Gasteiger partial charge is 0.497 e. The first kappa shape index (κ1) is 30.9. The van der Waals surface area contributed by atoms with Crippen molar-refractivity contribution in [2.45, 2.75) is 52.4 Å². The molecule has 1 aromatic heterocycles. The summed E-state index contributed by atoms with van der Waals surface area (Å²) in [5.41, 5.74) is 3.14. The van der Waals surface area contributed by atoms with Gasteiger partial charge in [-0.2, -0.15) is 0 Å². The lowest BCUT2D eigenvalue weighted by Crippen LogP contribution is -2.47. The number of hydrogen-bond donors (Lipinski definition) is 0. The van der Waals surface area contributed by atoms with Gasteiger partial charge in [-0.1, -0.05) is 49.4 Å². The quantitative estimate of drug-likeness (QED) is 0.227. The van der Waals surface area contributed by atoms with Crippen molar-refractivity contribution in [3.63, 3.8) is 0 Å². The van der Waals surface area contributed by atoms with Crippen molar-refractivity contribution < 1.29 is 23.8 Å².